The smallest absolute Gasteiger partial charge is 0.264 e. The van der Waals surface area contributed by atoms with Crippen LogP contribution in [-0.2, 0) is 0 Å². The largest absolute Gasteiger partial charge is 0.494 e. The van der Waals surface area contributed by atoms with Gasteiger partial charge in [0.15, 0.2) is 9.88 Å². The molecule has 0 aliphatic carbocycles. The van der Waals surface area contributed by atoms with Gasteiger partial charge in [-0.25, -0.2) is 0 Å². The minimum atomic E-state index is -0.566. The van der Waals surface area contributed by atoms with Gasteiger partial charge in [-0.15, -0.1) is 0 Å². The molecule has 114 valence electrons. The second-order valence-corrected chi connectivity index (χ2v) is 5.25. The Labute approximate surface area is 140 Å². The van der Waals surface area contributed by atoms with Crippen molar-refractivity contribution < 1.29 is 5.11 Å². The number of thiocarbonyl (C=S) groups is 1. The van der Waals surface area contributed by atoms with Gasteiger partial charge in [0.2, 0.25) is 5.88 Å². The quantitative estimate of drug-likeness (QED) is 0.328. The maximum atomic E-state index is 11.6. The van der Waals surface area contributed by atoms with Crippen LogP contribution in [0.15, 0.2) is 34.2 Å². The third-order valence-electron chi connectivity index (χ3n) is 2.42. The first-order valence-electron chi connectivity index (χ1n) is 5.87. The first-order valence-corrected chi connectivity index (χ1v) is 7.06. The number of hydrogen-bond donors (Lipinski definition) is 5. The fraction of sp³-hybridized carbons (Fsp3) is 0. The molecule has 0 saturated heterocycles. The van der Waals surface area contributed by atoms with Crippen molar-refractivity contribution in [3.8, 4) is 5.88 Å². The van der Waals surface area contributed by atoms with Crippen LogP contribution < -0.4 is 16.3 Å². The molecule has 0 radical (unpaired) electrons. The number of hydrogen-bond acceptors (Lipinski definition) is 5. The molecule has 2 rings (SSSR count). The minimum Gasteiger partial charge on any atom is -0.494 e. The number of hydrazone groups is 1. The van der Waals surface area contributed by atoms with Crippen molar-refractivity contribution in [2.24, 2.45) is 5.10 Å². The van der Waals surface area contributed by atoms with E-state index in [4.69, 9.17) is 36.0 Å². The number of halogens is 1. The van der Waals surface area contributed by atoms with Crippen molar-refractivity contribution >= 4 is 53.1 Å². The van der Waals surface area contributed by atoms with E-state index in [9.17, 15) is 9.90 Å². The standard InChI is InChI=1S/C12H10ClN5O2S2/c13-6-1-3-7(4-2-6)15-12(22)18-14-5-8-9(19)16-11(21)17-10(8)20/h1-5H,(H2,15,18,22)(H3,16,17,19,20,21). The zero-order chi connectivity index (χ0) is 16.1. The number of benzene rings is 1. The summed E-state index contributed by atoms with van der Waals surface area (Å²) in [5, 5.41) is 17.0. The lowest BCUT2D eigenvalue weighted by atomic mass is 10.3. The molecule has 1 aromatic carbocycles. The van der Waals surface area contributed by atoms with Crippen molar-refractivity contribution in [1.29, 1.82) is 0 Å². The van der Waals surface area contributed by atoms with E-state index in [0.717, 1.165) is 11.9 Å². The zero-order valence-electron chi connectivity index (χ0n) is 10.9. The van der Waals surface area contributed by atoms with Crippen molar-refractivity contribution in [3.05, 3.63) is 50.0 Å². The van der Waals surface area contributed by atoms with Gasteiger partial charge in [0.1, 0.15) is 5.56 Å². The van der Waals surface area contributed by atoms with Crippen LogP contribution in [0.4, 0.5) is 5.69 Å². The molecule has 0 saturated carbocycles. The first-order chi connectivity index (χ1) is 10.5. The summed E-state index contributed by atoms with van der Waals surface area (Å²) in [5.74, 6) is -0.379. The highest BCUT2D eigenvalue weighted by Gasteiger charge is 2.04. The number of aromatic amines is 2. The highest BCUT2D eigenvalue weighted by molar-refractivity contribution is 7.80. The van der Waals surface area contributed by atoms with Crippen LogP contribution in [-0.4, -0.2) is 26.4 Å². The Kier molecular flexibility index (Phi) is 5.26. The molecule has 0 amide bonds. The van der Waals surface area contributed by atoms with Crippen molar-refractivity contribution in [3.63, 3.8) is 0 Å². The SMILES string of the molecule is O=c1[nH]c(=S)[nH]c(O)c1C=NNC(=S)Nc1ccc(Cl)cc1. The Morgan fingerprint density at radius 3 is 2.64 bits per heavy atom. The molecule has 5 N–H and O–H groups in total. The average Bonchev–Trinajstić information content (AvgIpc) is 2.44. The molecule has 0 fully saturated rings. The van der Waals surface area contributed by atoms with Gasteiger partial charge in [0.05, 0.1) is 6.21 Å². The molecule has 22 heavy (non-hydrogen) atoms. The molecule has 0 spiro atoms. The molecule has 1 aromatic heterocycles. The Balaban J connectivity index is 2.00. The lowest BCUT2D eigenvalue weighted by Gasteiger charge is -2.06. The van der Waals surface area contributed by atoms with Crippen molar-refractivity contribution in [1.82, 2.24) is 15.4 Å². The van der Waals surface area contributed by atoms with E-state index in [0.29, 0.717) is 5.02 Å². The molecule has 7 nitrogen and oxygen atoms in total. The second kappa shape index (κ2) is 7.16. The molecule has 0 unspecified atom stereocenters. The third kappa shape index (κ3) is 4.38. The summed E-state index contributed by atoms with van der Waals surface area (Å²) >= 11 is 15.5. The second-order valence-electron chi connectivity index (χ2n) is 4.00. The molecule has 0 aliphatic heterocycles. The normalized spacial score (nSPS) is 10.6. The molecule has 10 heteroatoms. The van der Waals surface area contributed by atoms with E-state index in [1.807, 2.05) is 0 Å². The third-order valence-corrected chi connectivity index (χ3v) is 3.07. The Bertz CT molecular complexity index is 829. The van der Waals surface area contributed by atoms with E-state index in [-0.39, 0.29) is 21.3 Å². The van der Waals surface area contributed by atoms with Crippen LogP contribution in [0, 0.1) is 4.77 Å². The summed E-state index contributed by atoms with van der Waals surface area (Å²) in [6.07, 6.45) is 1.12. The fourth-order valence-corrected chi connectivity index (χ4v) is 1.94. The van der Waals surface area contributed by atoms with Gasteiger partial charge in [0, 0.05) is 10.7 Å². The molecular formula is C12H10ClN5O2S2. The van der Waals surface area contributed by atoms with Gasteiger partial charge in [-0.1, -0.05) is 11.6 Å². The Morgan fingerprint density at radius 2 is 2.00 bits per heavy atom. The summed E-state index contributed by atoms with van der Waals surface area (Å²) in [4.78, 5) is 16.3. The molecule has 0 bridgehead atoms. The van der Waals surface area contributed by atoms with Gasteiger partial charge in [-0.2, -0.15) is 5.10 Å². The van der Waals surface area contributed by atoms with E-state index in [2.05, 4.69) is 25.8 Å². The van der Waals surface area contributed by atoms with Gasteiger partial charge < -0.3 is 15.4 Å². The average molecular weight is 356 g/mol. The van der Waals surface area contributed by atoms with Crippen LogP contribution >= 0.6 is 36.0 Å². The summed E-state index contributed by atoms with van der Waals surface area (Å²) in [5.41, 5.74) is 2.60. The maximum absolute atomic E-state index is 11.6. The predicted octanol–water partition coefficient (Wildman–Crippen LogP) is 2.11. The highest BCUT2D eigenvalue weighted by Crippen LogP contribution is 2.13. The van der Waals surface area contributed by atoms with Crippen LogP contribution in [0.1, 0.15) is 5.56 Å². The zero-order valence-corrected chi connectivity index (χ0v) is 13.3. The van der Waals surface area contributed by atoms with Crippen LogP contribution in [0.3, 0.4) is 0 Å². The Hall–Kier alpha value is -2.23. The highest BCUT2D eigenvalue weighted by atomic mass is 35.5. The fourth-order valence-electron chi connectivity index (χ4n) is 1.45. The molecule has 0 atom stereocenters. The van der Waals surface area contributed by atoms with Crippen LogP contribution in [0.5, 0.6) is 5.88 Å². The van der Waals surface area contributed by atoms with Gasteiger partial charge in [-0.05, 0) is 48.7 Å². The molecular weight excluding hydrogens is 346 g/mol. The molecule has 1 heterocycles. The summed E-state index contributed by atoms with van der Waals surface area (Å²) in [7, 11) is 0. The van der Waals surface area contributed by atoms with Gasteiger partial charge >= 0.3 is 0 Å². The van der Waals surface area contributed by atoms with E-state index in [1.165, 1.54) is 0 Å². The van der Waals surface area contributed by atoms with E-state index >= 15 is 0 Å². The maximum Gasteiger partial charge on any atom is 0.264 e. The first kappa shape index (κ1) is 16.1. The number of rotatable bonds is 3. The molecule has 0 aliphatic rings. The van der Waals surface area contributed by atoms with Crippen LogP contribution in [0.25, 0.3) is 0 Å². The Morgan fingerprint density at radius 1 is 1.32 bits per heavy atom. The number of anilines is 1. The van der Waals surface area contributed by atoms with E-state index < -0.39 is 5.56 Å². The number of aromatic hydroxyl groups is 1. The summed E-state index contributed by atoms with van der Waals surface area (Å²) < 4.78 is 0.0209. The predicted molar refractivity (Wildman–Crippen MR) is 92.3 cm³/mol. The lowest BCUT2D eigenvalue weighted by Crippen LogP contribution is -2.24. The lowest BCUT2D eigenvalue weighted by molar-refractivity contribution is 0.449. The summed E-state index contributed by atoms with van der Waals surface area (Å²) in [6.45, 7) is 0. The van der Waals surface area contributed by atoms with Crippen molar-refractivity contribution in [2.45, 2.75) is 0 Å². The van der Waals surface area contributed by atoms with E-state index in [1.54, 1.807) is 24.3 Å². The topological polar surface area (TPSA) is 105 Å². The number of nitrogens with zero attached hydrogens (tertiary/aromatic N) is 1. The summed E-state index contributed by atoms with van der Waals surface area (Å²) in [6, 6.07) is 6.90. The molecule has 2 aromatic rings. The minimum absolute atomic E-state index is 0.0209. The number of H-pyrrole nitrogens is 2. The van der Waals surface area contributed by atoms with Crippen LogP contribution in [0.2, 0.25) is 5.02 Å². The number of aromatic nitrogens is 2. The number of nitrogens with one attached hydrogen (secondary N) is 4. The van der Waals surface area contributed by atoms with Gasteiger partial charge in [-0.3, -0.25) is 15.2 Å². The monoisotopic (exact) mass is 355 g/mol. The van der Waals surface area contributed by atoms with Gasteiger partial charge in [0.25, 0.3) is 5.56 Å². The van der Waals surface area contributed by atoms with Crippen molar-refractivity contribution in [2.75, 3.05) is 5.32 Å².